The quantitative estimate of drug-likeness (QED) is 0.925. The zero-order valence-corrected chi connectivity index (χ0v) is 11.0. The first-order chi connectivity index (χ1) is 9.29. The van der Waals surface area contributed by atoms with E-state index < -0.39 is 17.8 Å². The molecule has 0 aliphatic heterocycles. The normalized spacial score (nSPS) is 11.4. The fraction of sp³-hybridized carbons (Fsp3) is 0.167. The second kappa shape index (κ2) is 5.16. The summed E-state index contributed by atoms with van der Waals surface area (Å²) in [4.78, 5) is 11.9. The van der Waals surface area contributed by atoms with Crippen LogP contribution in [0.5, 0.6) is 0 Å². The van der Waals surface area contributed by atoms with Gasteiger partial charge in [0.25, 0.3) is 5.91 Å². The molecule has 0 saturated carbocycles. The molecule has 1 N–H and O–H groups in total. The highest BCUT2D eigenvalue weighted by Gasteiger charge is 2.34. The number of rotatable bonds is 2. The van der Waals surface area contributed by atoms with Crippen LogP contribution in [0.4, 0.5) is 19.0 Å². The fourth-order valence-corrected chi connectivity index (χ4v) is 1.77. The van der Waals surface area contributed by atoms with Crippen LogP contribution in [0.3, 0.4) is 0 Å². The lowest BCUT2D eigenvalue weighted by atomic mass is 10.2. The molecule has 0 radical (unpaired) electrons. The largest absolute Gasteiger partial charge is 0.435 e. The van der Waals surface area contributed by atoms with Crippen LogP contribution in [-0.2, 0) is 13.2 Å². The predicted octanol–water partition coefficient (Wildman–Crippen LogP) is 3.34. The van der Waals surface area contributed by atoms with Crippen LogP contribution in [0.1, 0.15) is 16.1 Å². The number of carbonyl (C=O) groups is 1. The van der Waals surface area contributed by atoms with E-state index in [2.05, 4.69) is 10.4 Å². The van der Waals surface area contributed by atoms with Crippen molar-refractivity contribution in [2.75, 3.05) is 5.32 Å². The van der Waals surface area contributed by atoms with Crippen molar-refractivity contribution in [3.8, 4) is 0 Å². The van der Waals surface area contributed by atoms with Gasteiger partial charge in [0.05, 0.1) is 10.6 Å². The Morgan fingerprint density at radius 1 is 1.35 bits per heavy atom. The maximum absolute atomic E-state index is 12.5. The van der Waals surface area contributed by atoms with Crippen molar-refractivity contribution in [3.63, 3.8) is 0 Å². The molecule has 1 amide bonds. The number of amides is 1. The molecule has 0 saturated heterocycles. The summed E-state index contributed by atoms with van der Waals surface area (Å²) >= 11 is 5.84. The second-order valence-corrected chi connectivity index (χ2v) is 4.38. The topological polar surface area (TPSA) is 46.9 Å². The Morgan fingerprint density at radius 2 is 2.00 bits per heavy atom. The van der Waals surface area contributed by atoms with Crippen LogP contribution in [-0.4, -0.2) is 15.7 Å². The number of halogens is 4. The minimum Gasteiger partial charge on any atom is -0.307 e. The molecule has 0 aliphatic rings. The van der Waals surface area contributed by atoms with Gasteiger partial charge in [0, 0.05) is 13.1 Å². The third-order valence-corrected chi connectivity index (χ3v) is 2.86. The van der Waals surface area contributed by atoms with Gasteiger partial charge in [0.15, 0.2) is 5.69 Å². The van der Waals surface area contributed by atoms with Gasteiger partial charge < -0.3 is 5.32 Å². The molecule has 0 bridgehead atoms. The molecule has 4 nitrogen and oxygen atoms in total. The monoisotopic (exact) mass is 303 g/mol. The highest BCUT2D eigenvalue weighted by molar-refractivity contribution is 6.34. The number of aryl methyl sites for hydroxylation is 1. The van der Waals surface area contributed by atoms with Gasteiger partial charge >= 0.3 is 6.18 Å². The molecule has 0 atom stereocenters. The first-order valence-electron chi connectivity index (χ1n) is 5.46. The molecule has 1 aromatic heterocycles. The lowest BCUT2D eigenvalue weighted by molar-refractivity contribution is -0.141. The summed E-state index contributed by atoms with van der Waals surface area (Å²) in [6.07, 6.45) is -4.56. The standard InChI is InChI=1S/C12H9ClF3N3O/c1-19-10(6-9(18-19)12(14,15)16)17-11(20)7-4-2-3-5-8(7)13/h2-6H,1H3,(H,17,20). The van der Waals surface area contributed by atoms with Gasteiger partial charge in [-0.05, 0) is 12.1 Å². The zero-order chi connectivity index (χ0) is 14.9. The van der Waals surface area contributed by atoms with Gasteiger partial charge in [-0.25, -0.2) is 0 Å². The molecular weight excluding hydrogens is 295 g/mol. The van der Waals surface area contributed by atoms with Crippen LogP contribution in [0.15, 0.2) is 30.3 Å². The van der Waals surface area contributed by atoms with Crippen molar-refractivity contribution in [1.82, 2.24) is 9.78 Å². The number of carbonyl (C=O) groups excluding carboxylic acids is 1. The van der Waals surface area contributed by atoms with Crippen LogP contribution in [0, 0.1) is 0 Å². The Kier molecular flexibility index (Phi) is 3.71. The lowest BCUT2D eigenvalue weighted by Crippen LogP contribution is -2.14. The number of hydrogen-bond acceptors (Lipinski definition) is 2. The fourth-order valence-electron chi connectivity index (χ4n) is 1.55. The van der Waals surface area contributed by atoms with Crippen molar-refractivity contribution >= 4 is 23.3 Å². The van der Waals surface area contributed by atoms with Crippen LogP contribution < -0.4 is 5.32 Å². The minimum atomic E-state index is -4.56. The Hall–Kier alpha value is -2.02. The molecule has 8 heteroatoms. The summed E-state index contributed by atoms with van der Waals surface area (Å²) < 4.78 is 38.4. The van der Waals surface area contributed by atoms with Gasteiger partial charge in [0.1, 0.15) is 5.82 Å². The molecule has 0 spiro atoms. The van der Waals surface area contributed by atoms with Crippen LogP contribution in [0.25, 0.3) is 0 Å². The summed E-state index contributed by atoms with van der Waals surface area (Å²) in [5.41, 5.74) is -0.904. The van der Waals surface area contributed by atoms with Crippen molar-refractivity contribution < 1.29 is 18.0 Å². The maximum atomic E-state index is 12.5. The van der Waals surface area contributed by atoms with Crippen LogP contribution in [0.2, 0.25) is 5.02 Å². The zero-order valence-electron chi connectivity index (χ0n) is 10.2. The number of aromatic nitrogens is 2. The van der Waals surface area contributed by atoms with Gasteiger partial charge in [-0.15, -0.1) is 0 Å². The van der Waals surface area contributed by atoms with Crippen molar-refractivity contribution in [3.05, 3.63) is 46.6 Å². The van der Waals surface area contributed by atoms with E-state index in [0.717, 1.165) is 10.7 Å². The van der Waals surface area contributed by atoms with Gasteiger partial charge in [-0.2, -0.15) is 18.3 Å². The Bertz CT molecular complexity index is 652. The predicted molar refractivity (Wildman–Crippen MR) is 67.6 cm³/mol. The molecule has 0 fully saturated rings. The SMILES string of the molecule is Cn1nc(C(F)(F)F)cc1NC(=O)c1ccccc1Cl. The molecule has 1 aromatic carbocycles. The average Bonchev–Trinajstić information content (AvgIpc) is 2.71. The number of anilines is 1. The number of hydrogen-bond donors (Lipinski definition) is 1. The molecule has 2 aromatic rings. The van der Waals surface area contributed by atoms with E-state index in [1.165, 1.54) is 19.2 Å². The first kappa shape index (κ1) is 14.4. The number of benzene rings is 1. The van der Waals surface area contributed by atoms with Crippen molar-refractivity contribution in [2.45, 2.75) is 6.18 Å². The van der Waals surface area contributed by atoms with E-state index in [-0.39, 0.29) is 16.4 Å². The molecule has 106 valence electrons. The first-order valence-corrected chi connectivity index (χ1v) is 5.84. The smallest absolute Gasteiger partial charge is 0.307 e. The summed E-state index contributed by atoms with van der Waals surface area (Å²) in [6.45, 7) is 0. The van der Waals surface area contributed by atoms with Gasteiger partial charge in [-0.1, -0.05) is 23.7 Å². The van der Waals surface area contributed by atoms with E-state index in [0.29, 0.717) is 0 Å². The molecule has 2 rings (SSSR count). The molecule has 20 heavy (non-hydrogen) atoms. The Labute approximate surface area is 117 Å². The van der Waals surface area contributed by atoms with Crippen molar-refractivity contribution in [1.29, 1.82) is 0 Å². The lowest BCUT2D eigenvalue weighted by Gasteiger charge is -2.06. The number of alkyl halides is 3. The molecular formula is C12H9ClF3N3O. The van der Waals surface area contributed by atoms with E-state index in [1.54, 1.807) is 12.1 Å². The Morgan fingerprint density at radius 3 is 2.55 bits per heavy atom. The van der Waals surface area contributed by atoms with E-state index in [9.17, 15) is 18.0 Å². The van der Waals surface area contributed by atoms with E-state index in [4.69, 9.17) is 11.6 Å². The highest BCUT2D eigenvalue weighted by Crippen LogP contribution is 2.29. The number of nitrogens with one attached hydrogen (secondary N) is 1. The number of nitrogens with zero attached hydrogens (tertiary/aromatic N) is 2. The third kappa shape index (κ3) is 2.93. The van der Waals surface area contributed by atoms with Crippen LogP contribution >= 0.6 is 11.6 Å². The average molecular weight is 304 g/mol. The van der Waals surface area contributed by atoms with E-state index >= 15 is 0 Å². The highest BCUT2D eigenvalue weighted by atomic mass is 35.5. The molecule has 0 unspecified atom stereocenters. The van der Waals surface area contributed by atoms with Gasteiger partial charge in [-0.3, -0.25) is 9.48 Å². The van der Waals surface area contributed by atoms with Crippen molar-refractivity contribution in [2.24, 2.45) is 7.05 Å². The third-order valence-electron chi connectivity index (χ3n) is 2.53. The maximum Gasteiger partial charge on any atom is 0.435 e. The summed E-state index contributed by atoms with van der Waals surface area (Å²) in [7, 11) is 1.30. The second-order valence-electron chi connectivity index (χ2n) is 3.97. The summed E-state index contributed by atoms with van der Waals surface area (Å²) in [5.74, 6) is -0.672. The molecule has 1 heterocycles. The minimum absolute atomic E-state index is 0.0674. The summed E-state index contributed by atoms with van der Waals surface area (Å²) in [5, 5.41) is 5.84. The van der Waals surface area contributed by atoms with E-state index in [1.807, 2.05) is 0 Å². The molecule has 0 aliphatic carbocycles. The summed E-state index contributed by atoms with van der Waals surface area (Å²) in [6, 6.07) is 6.99. The Balaban J connectivity index is 2.25. The van der Waals surface area contributed by atoms with Gasteiger partial charge in [0.2, 0.25) is 0 Å².